The van der Waals surface area contributed by atoms with Crippen LogP contribution in [0.25, 0.3) is 0 Å². The van der Waals surface area contributed by atoms with Crippen LogP contribution in [0, 0.1) is 0 Å². The van der Waals surface area contributed by atoms with Gasteiger partial charge in [-0.1, -0.05) is 24.6 Å². The summed E-state index contributed by atoms with van der Waals surface area (Å²) in [5, 5.41) is 0.860. The molecule has 3 heteroatoms. The molecule has 1 saturated heterocycles. The van der Waals surface area contributed by atoms with E-state index in [-0.39, 0.29) is 0 Å². The van der Waals surface area contributed by atoms with Gasteiger partial charge in [-0.25, -0.2) is 0 Å². The molecule has 1 heterocycles. The fourth-order valence-electron chi connectivity index (χ4n) is 2.84. The summed E-state index contributed by atoms with van der Waals surface area (Å²) >= 11 is 6.34. The van der Waals surface area contributed by atoms with Gasteiger partial charge < -0.3 is 10.6 Å². The molecule has 1 aromatic carbocycles. The molecule has 0 saturated carbocycles. The molecule has 0 bridgehead atoms. The highest BCUT2D eigenvalue weighted by molar-refractivity contribution is 6.31. The Hall–Kier alpha value is -0.730. The van der Waals surface area contributed by atoms with Crippen molar-refractivity contribution in [1.29, 1.82) is 0 Å². The molecule has 1 unspecified atom stereocenters. The molecule has 0 amide bonds. The molecule has 18 heavy (non-hydrogen) atoms. The molecule has 1 atom stereocenters. The largest absolute Gasteiger partial charge is 0.369 e. The molecule has 1 aliphatic heterocycles. The molecule has 0 aromatic heterocycles. The number of halogens is 1. The fraction of sp³-hybridized carbons (Fsp3) is 0.600. The van der Waals surface area contributed by atoms with Gasteiger partial charge in [-0.15, -0.1) is 0 Å². The van der Waals surface area contributed by atoms with Gasteiger partial charge in [0.15, 0.2) is 0 Å². The summed E-state index contributed by atoms with van der Waals surface area (Å²) in [4.78, 5) is 2.52. The monoisotopic (exact) mass is 266 g/mol. The van der Waals surface area contributed by atoms with Gasteiger partial charge in [0.05, 0.1) is 0 Å². The number of piperidine rings is 1. The SMILES string of the molecule is CCC1CCCCN1c1ccc(CCN)c(Cl)c1. The first-order valence-electron chi connectivity index (χ1n) is 7.01. The van der Waals surface area contributed by atoms with Crippen molar-refractivity contribution in [3.05, 3.63) is 28.8 Å². The van der Waals surface area contributed by atoms with E-state index in [9.17, 15) is 0 Å². The van der Waals surface area contributed by atoms with Crippen molar-refractivity contribution in [2.75, 3.05) is 18.0 Å². The summed E-state index contributed by atoms with van der Waals surface area (Å²) in [6.07, 6.45) is 6.02. The quantitative estimate of drug-likeness (QED) is 0.902. The average molecular weight is 267 g/mol. The minimum atomic E-state index is 0.653. The number of hydrogen-bond donors (Lipinski definition) is 1. The van der Waals surface area contributed by atoms with Crippen molar-refractivity contribution < 1.29 is 0 Å². The Bertz CT molecular complexity index is 392. The van der Waals surface area contributed by atoms with Crippen LogP contribution in [0.1, 0.15) is 38.2 Å². The molecular weight excluding hydrogens is 244 g/mol. The van der Waals surface area contributed by atoms with Crippen molar-refractivity contribution in [1.82, 2.24) is 0 Å². The molecule has 1 aromatic rings. The Morgan fingerprint density at radius 2 is 2.22 bits per heavy atom. The maximum Gasteiger partial charge on any atom is 0.0459 e. The number of nitrogens with two attached hydrogens (primary N) is 1. The summed E-state index contributed by atoms with van der Waals surface area (Å²) in [6, 6.07) is 7.12. The van der Waals surface area contributed by atoms with E-state index in [2.05, 4.69) is 30.0 Å². The van der Waals surface area contributed by atoms with Crippen molar-refractivity contribution in [3.8, 4) is 0 Å². The molecule has 1 fully saturated rings. The second-order valence-corrected chi connectivity index (χ2v) is 5.47. The Morgan fingerprint density at radius 1 is 1.39 bits per heavy atom. The summed E-state index contributed by atoms with van der Waals surface area (Å²) < 4.78 is 0. The van der Waals surface area contributed by atoms with Crippen LogP contribution in [0.3, 0.4) is 0 Å². The van der Waals surface area contributed by atoms with Crippen LogP contribution in [0.2, 0.25) is 5.02 Å². The lowest BCUT2D eigenvalue weighted by Crippen LogP contribution is -2.39. The first kappa shape index (κ1) is 13.7. The summed E-state index contributed by atoms with van der Waals surface area (Å²) in [5.41, 5.74) is 8.02. The molecule has 100 valence electrons. The molecule has 0 radical (unpaired) electrons. The highest BCUT2D eigenvalue weighted by Gasteiger charge is 2.21. The highest BCUT2D eigenvalue weighted by atomic mass is 35.5. The Labute approximate surface area is 115 Å². The zero-order chi connectivity index (χ0) is 13.0. The molecule has 0 aliphatic carbocycles. The molecule has 0 spiro atoms. The first-order valence-corrected chi connectivity index (χ1v) is 7.39. The van der Waals surface area contributed by atoms with Crippen LogP contribution < -0.4 is 10.6 Å². The van der Waals surface area contributed by atoms with Gasteiger partial charge in [-0.2, -0.15) is 0 Å². The van der Waals surface area contributed by atoms with E-state index in [1.165, 1.54) is 31.4 Å². The Kier molecular flexibility index (Phi) is 4.90. The first-order chi connectivity index (χ1) is 8.76. The third-order valence-corrected chi connectivity index (χ3v) is 4.23. The lowest BCUT2D eigenvalue weighted by molar-refractivity contribution is 0.450. The van der Waals surface area contributed by atoms with Crippen LogP contribution in [0.4, 0.5) is 5.69 Å². The van der Waals surface area contributed by atoms with E-state index in [1.54, 1.807) is 0 Å². The lowest BCUT2D eigenvalue weighted by atomic mass is 9.99. The fourth-order valence-corrected chi connectivity index (χ4v) is 3.11. The zero-order valence-electron chi connectivity index (χ0n) is 11.2. The van der Waals surface area contributed by atoms with Crippen LogP contribution in [-0.4, -0.2) is 19.1 Å². The number of nitrogens with zero attached hydrogens (tertiary/aromatic N) is 1. The standard InChI is InChI=1S/C15H23ClN2/c1-2-13-5-3-4-10-18(13)14-7-6-12(8-9-17)15(16)11-14/h6-7,11,13H,2-5,8-10,17H2,1H3. The third kappa shape index (κ3) is 2.99. The van der Waals surface area contributed by atoms with Gasteiger partial charge in [0.1, 0.15) is 0 Å². The normalized spacial score (nSPS) is 20.2. The lowest BCUT2D eigenvalue weighted by Gasteiger charge is -2.37. The topological polar surface area (TPSA) is 29.3 Å². The number of anilines is 1. The predicted molar refractivity (Wildman–Crippen MR) is 79.5 cm³/mol. The Balaban J connectivity index is 2.19. The maximum absolute atomic E-state index is 6.34. The molecule has 2 N–H and O–H groups in total. The highest BCUT2D eigenvalue weighted by Crippen LogP contribution is 2.30. The average Bonchev–Trinajstić information content (AvgIpc) is 2.41. The maximum atomic E-state index is 6.34. The van der Waals surface area contributed by atoms with E-state index in [0.717, 1.165) is 23.6 Å². The summed E-state index contributed by atoms with van der Waals surface area (Å²) in [5.74, 6) is 0. The van der Waals surface area contributed by atoms with Gasteiger partial charge in [-0.3, -0.25) is 0 Å². The van der Waals surface area contributed by atoms with Crippen molar-refractivity contribution in [3.63, 3.8) is 0 Å². The van der Waals surface area contributed by atoms with E-state index >= 15 is 0 Å². The zero-order valence-corrected chi connectivity index (χ0v) is 11.9. The van der Waals surface area contributed by atoms with Gasteiger partial charge in [-0.05, 0) is 56.3 Å². The minimum absolute atomic E-state index is 0.653. The third-order valence-electron chi connectivity index (χ3n) is 3.88. The number of benzene rings is 1. The van der Waals surface area contributed by atoms with E-state index < -0.39 is 0 Å². The summed E-state index contributed by atoms with van der Waals surface area (Å²) in [6.45, 7) is 4.08. The second kappa shape index (κ2) is 6.44. The molecule has 1 aliphatic rings. The van der Waals surface area contributed by atoms with Gasteiger partial charge in [0.2, 0.25) is 0 Å². The van der Waals surface area contributed by atoms with Gasteiger partial charge in [0.25, 0.3) is 0 Å². The van der Waals surface area contributed by atoms with Gasteiger partial charge >= 0.3 is 0 Å². The second-order valence-electron chi connectivity index (χ2n) is 5.07. The minimum Gasteiger partial charge on any atom is -0.369 e. The molecular formula is C15H23ClN2. The Morgan fingerprint density at radius 3 is 2.89 bits per heavy atom. The predicted octanol–water partition coefficient (Wildman–Crippen LogP) is 3.61. The number of rotatable bonds is 4. The van der Waals surface area contributed by atoms with Crippen LogP contribution in [-0.2, 0) is 6.42 Å². The summed E-state index contributed by atoms with van der Waals surface area (Å²) in [7, 11) is 0. The van der Waals surface area contributed by atoms with Crippen molar-refractivity contribution >= 4 is 17.3 Å². The van der Waals surface area contributed by atoms with Crippen molar-refractivity contribution in [2.24, 2.45) is 5.73 Å². The van der Waals surface area contributed by atoms with Crippen LogP contribution in [0.5, 0.6) is 0 Å². The van der Waals surface area contributed by atoms with Crippen LogP contribution in [0.15, 0.2) is 18.2 Å². The molecule has 2 nitrogen and oxygen atoms in total. The van der Waals surface area contributed by atoms with E-state index in [0.29, 0.717) is 12.6 Å². The van der Waals surface area contributed by atoms with E-state index in [4.69, 9.17) is 17.3 Å². The number of hydrogen-bond acceptors (Lipinski definition) is 2. The molecule has 2 rings (SSSR count). The van der Waals surface area contributed by atoms with E-state index in [1.807, 2.05) is 0 Å². The van der Waals surface area contributed by atoms with Crippen LogP contribution >= 0.6 is 11.6 Å². The smallest absolute Gasteiger partial charge is 0.0459 e. The van der Waals surface area contributed by atoms with Crippen molar-refractivity contribution in [2.45, 2.75) is 45.1 Å². The van der Waals surface area contributed by atoms with Gasteiger partial charge in [0, 0.05) is 23.3 Å².